The van der Waals surface area contributed by atoms with Crippen LogP contribution in [0.5, 0.6) is 0 Å². The number of ether oxygens (including phenoxy) is 4. The van der Waals surface area contributed by atoms with Crippen LogP contribution in [0.15, 0.2) is 41.7 Å². The predicted octanol–water partition coefficient (Wildman–Crippen LogP) is 4.03. The molecule has 4 rings (SSSR count). The van der Waals surface area contributed by atoms with Crippen LogP contribution in [0.25, 0.3) is 0 Å². The van der Waals surface area contributed by atoms with Crippen LogP contribution in [0.2, 0.25) is 0 Å². The van der Waals surface area contributed by atoms with E-state index < -0.39 is 5.79 Å². The van der Waals surface area contributed by atoms with Gasteiger partial charge in [0.2, 0.25) is 0 Å². The largest absolute Gasteiger partial charge is 0.466 e. The number of carbonyl (C=O) groups is 1. The van der Waals surface area contributed by atoms with Gasteiger partial charge in [0, 0.05) is 16.8 Å². The molecule has 2 aliphatic rings. The monoisotopic (exact) mass is 432 g/mol. The van der Waals surface area contributed by atoms with Gasteiger partial charge in [0.1, 0.15) is 18.3 Å². The van der Waals surface area contributed by atoms with E-state index >= 15 is 0 Å². The smallest absolute Gasteiger partial charge is 0.306 e. The zero-order valence-corrected chi connectivity index (χ0v) is 18.6. The molecular weight excluding hydrogens is 404 g/mol. The van der Waals surface area contributed by atoms with E-state index in [9.17, 15) is 4.79 Å². The van der Waals surface area contributed by atoms with Gasteiger partial charge in [-0.1, -0.05) is 12.1 Å². The summed E-state index contributed by atoms with van der Waals surface area (Å²) >= 11 is 1.64. The number of benzene rings is 1. The zero-order chi connectivity index (χ0) is 21.3. The van der Waals surface area contributed by atoms with Gasteiger partial charge < -0.3 is 23.5 Å². The molecular formula is C22H28N2O5S. The molecule has 2 saturated heterocycles. The maximum Gasteiger partial charge on any atom is 0.306 e. The van der Waals surface area contributed by atoms with Gasteiger partial charge >= 0.3 is 5.97 Å². The molecule has 0 spiro atoms. The lowest BCUT2D eigenvalue weighted by Gasteiger charge is -2.24. The number of thioether (sulfide) groups is 1. The Kier molecular flexibility index (Phi) is 6.20. The van der Waals surface area contributed by atoms with Crippen LogP contribution in [-0.2, 0) is 23.7 Å². The van der Waals surface area contributed by atoms with E-state index in [2.05, 4.69) is 29.2 Å². The molecule has 30 heavy (non-hydrogen) atoms. The number of imidazole rings is 1. The Balaban J connectivity index is 1.45. The number of esters is 1. The van der Waals surface area contributed by atoms with Gasteiger partial charge in [0.05, 0.1) is 25.0 Å². The molecule has 0 N–H and O–H groups in total. The molecule has 8 heteroatoms. The first-order valence-corrected chi connectivity index (χ1v) is 11.2. The molecule has 2 aliphatic heterocycles. The molecule has 0 unspecified atom stereocenters. The van der Waals surface area contributed by atoms with E-state index in [4.69, 9.17) is 18.9 Å². The lowest BCUT2D eigenvalue weighted by Crippen LogP contribution is -2.27. The first kappa shape index (κ1) is 21.4. The predicted molar refractivity (Wildman–Crippen MR) is 112 cm³/mol. The summed E-state index contributed by atoms with van der Waals surface area (Å²) in [5.41, 5.74) is 1.97. The van der Waals surface area contributed by atoms with Crippen LogP contribution in [0.3, 0.4) is 0 Å². The van der Waals surface area contributed by atoms with Crippen molar-refractivity contribution in [2.45, 2.75) is 69.3 Å². The average Bonchev–Trinajstić information content (AvgIpc) is 3.35. The lowest BCUT2D eigenvalue weighted by atomic mass is 10.0. The number of hydrogen-bond acceptors (Lipinski definition) is 7. The van der Waals surface area contributed by atoms with Crippen molar-refractivity contribution in [1.82, 2.24) is 9.55 Å². The second-order valence-corrected chi connectivity index (χ2v) is 9.12. The molecule has 1 aromatic heterocycles. The van der Waals surface area contributed by atoms with E-state index in [1.807, 2.05) is 38.5 Å². The third-order valence-corrected chi connectivity index (χ3v) is 6.16. The van der Waals surface area contributed by atoms with Crippen LogP contribution in [0.1, 0.15) is 50.8 Å². The van der Waals surface area contributed by atoms with Gasteiger partial charge in [0.25, 0.3) is 0 Å². The first-order valence-electron chi connectivity index (χ1n) is 10.3. The highest BCUT2D eigenvalue weighted by molar-refractivity contribution is 7.99. The summed E-state index contributed by atoms with van der Waals surface area (Å²) in [6.45, 7) is 8.06. The first-order chi connectivity index (χ1) is 14.4. The molecule has 3 heterocycles. The Morgan fingerprint density at radius 2 is 1.97 bits per heavy atom. The van der Waals surface area contributed by atoms with Crippen molar-refractivity contribution in [2.24, 2.45) is 0 Å². The summed E-state index contributed by atoms with van der Waals surface area (Å²) in [6.07, 6.45) is 3.21. The molecule has 7 nitrogen and oxygen atoms in total. The zero-order valence-electron chi connectivity index (χ0n) is 17.7. The molecule has 0 saturated carbocycles. The number of fused-ring (bicyclic) bond motifs is 1. The van der Waals surface area contributed by atoms with E-state index in [1.54, 1.807) is 18.1 Å². The SMILES string of the molecule is CCOC(=O)CCSc1ccc([C@@H]2O[C@@H](n3cnc(C)c3)[C@H]3OC(C)(C)O[C@H]32)cc1. The Morgan fingerprint density at radius 3 is 2.63 bits per heavy atom. The second-order valence-electron chi connectivity index (χ2n) is 7.95. The maximum atomic E-state index is 11.5. The molecule has 2 fully saturated rings. The molecule has 0 amide bonds. The second kappa shape index (κ2) is 8.70. The molecule has 0 aliphatic carbocycles. The minimum Gasteiger partial charge on any atom is -0.466 e. The Bertz CT molecular complexity index is 882. The molecule has 162 valence electrons. The summed E-state index contributed by atoms with van der Waals surface area (Å²) < 4.78 is 25.7. The van der Waals surface area contributed by atoms with Gasteiger partial charge in [-0.05, 0) is 45.4 Å². The fourth-order valence-electron chi connectivity index (χ4n) is 3.90. The Labute approximate surface area is 181 Å². The highest BCUT2D eigenvalue weighted by Crippen LogP contribution is 2.49. The minimum absolute atomic E-state index is 0.159. The van der Waals surface area contributed by atoms with Gasteiger partial charge in [-0.3, -0.25) is 4.79 Å². The Morgan fingerprint density at radius 1 is 1.23 bits per heavy atom. The molecule has 4 atom stereocenters. The highest BCUT2D eigenvalue weighted by atomic mass is 32.2. The molecule has 0 bridgehead atoms. The van der Waals surface area contributed by atoms with Gasteiger partial charge in [0.15, 0.2) is 12.0 Å². The molecule has 2 aromatic rings. The van der Waals surface area contributed by atoms with Crippen LogP contribution in [0.4, 0.5) is 0 Å². The van der Waals surface area contributed by atoms with Crippen molar-refractivity contribution in [1.29, 1.82) is 0 Å². The number of rotatable bonds is 7. The lowest BCUT2D eigenvalue weighted by molar-refractivity contribution is -0.197. The summed E-state index contributed by atoms with van der Waals surface area (Å²) in [4.78, 5) is 16.9. The Hall–Kier alpha value is -1.87. The van der Waals surface area contributed by atoms with Crippen LogP contribution in [0, 0.1) is 6.92 Å². The van der Waals surface area contributed by atoms with Crippen LogP contribution in [-0.4, -0.2) is 45.9 Å². The van der Waals surface area contributed by atoms with Crippen molar-refractivity contribution in [3.05, 3.63) is 48.0 Å². The van der Waals surface area contributed by atoms with E-state index in [1.165, 1.54) is 0 Å². The van der Waals surface area contributed by atoms with E-state index in [-0.39, 0.29) is 30.5 Å². The normalized spacial score (nSPS) is 27.2. The summed E-state index contributed by atoms with van der Waals surface area (Å²) in [6, 6.07) is 8.23. The van der Waals surface area contributed by atoms with Crippen LogP contribution < -0.4 is 0 Å². The summed E-state index contributed by atoms with van der Waals surface area (Å²) in [5, 5.41) is 0. The van der Waals surface area contributed by atoms with Gasteiger partial charge in [-0.25, -0.2) is 4.98 Å². The van der Waals surface area contributed by atoms with Crippen molar-refractivity contribution in [3.63, 3.8) is 0 Å². The number of aryl methyl sites for hydroxylation is 1. The topological polar surface area (TPSA) is 71.8 Å². The molecule has 0 radical (unpaired) electrons. The van der Waals surface area contributed by atoms with Crippen molar-refractivity contribution in [2.75, 3.05) is 12.4 Å². The fourth-order valence-corrected chi connectivity index (χ4v) is 4.74. The fraction of sp³-hybridized carbons (Fsp3) is 0.545. The minimum atomic E-state index is -0.659. The van der Waals surface area contributed by atoms with E-state index in [0.29, 0.717) is 18.8 Å². The highest BCUT2D eigenvalue weighted by Gasteiger charge is 2.56. The number of carbonyl (C=O) groups excluding carboxylic acids is 1. The third-order valence-electron chi connectivity index (χ3n) is 5.14. The van der Waals surface area contributed by atoms with Crippen molar-refractivity contribution >= 4 is 17.7 Å². The quantitative estimate of drug-likeness (QED) is 0.483. The third kappa shape index (κ3) is 4.56. The maximum absolute atomic E-state index is 11.5. The number of aromatic nitrogens is 2. The van der Waals surface area contributed by atoms with E-state index in [0.717, 1.165) is 16.2 Å². The number of hydrogen-bond donors (Lipinski definition) is 0. The van der Waals surface area contributed by atoms with Crippen molar-refractivity contribution < 1.29 is 23.7 Å². The van der Waals surface area contributed by atoms with Crippen LogP contribution >= 0.6 is 11.8 Å². The van der Waals surface area contributed by atoms with Crippen molar-refractivity contribution in [3.8, 4) is 0 Å². The summed E-state index contributed by atoms with van der Waals surface area (Å²) in [5.74, 6) is -0.127. The van der Waals surface area contributed by atoms with Gasteiger partial charge in [-0.2, -0.15) is 0 Å². The average molecular weight is 433 g/mol. The standard InChI is InChI=1S/C22H28N2O5S/c1-5-26-17(25)10-11-30-16-8-6-15(7-9-16)18-19-20(29-22(3,4)28-19)21(27-18)24-12-14(2)23-13-24/h6-9,12-13,18-21H,5,10-11H2,1-4H3/t18-,19-,20-,21+/m0/s1. The summed E-state index contributed by atoms with van der Waals surface area (Å²) in [7, 11) is 0. The van der Waals surface area contributed by atoms with Gasteiger partial charge in [-0.15, -0.1) is 11.8 Å². The number of nitrogens with zero attached hydrogens (tertiary/aromatic N) is 2. The molecule has 1 aromatic carbocycles.